The molecule has 1 rings (SSSR count). The van der Waals surface area contributed by atoms with Crippen LogP contribution in [0.25, 0.3) is 0 Å². The van der Waals surface area contributed by atoms with Crippen LogP contribution in [-0.4, -0.2) is 16.5 Å². The molecule has 6 heteroatoms. The quantitative estimate of drug-likeness (QED) is 0.668. The van der Waals surface area contributed by atoms with E-state index in [9.17, 15) is 4.79 Å². The maximum atomic E-state index is 11.5. The zero-order valence-corrected chi connectivity index (χ0v) is 10.3. The maximum Gasteiger partial charge on any atom is 0.255 e. The molecule has 1 aromatic rings. The Labute approximate surface area is 101 Å². The van der Waals surface area contributed by atoms with Gasteiger partial charge in [0.05, 0.1) is 0 Å². The van der Waals surface area contributed by atoms with Gasteiger partial charge in [0.25, 0.3) is 5.56 Å². The molecule has 1 heterocycles. The first-order valence-corrected chi connectivity index (χ1v) is 5.20. The molecule has 0 aliphatic rings. The predicted octanol–water partition coefficient (Wildman–Crippen LogP) is 0.754. The first-order chi connectivity index (χ1) is 7.15. The van der Waals surface area contributed by atoms with E-state index in [1.165, 1.54) is 0 Å². The van der Waals surface area contributed by atoms with E-state index in [0.29, 0.717) is 6.54 Å². The third-order valence-electron chi connectivity index (χ3n) is 2.37. The van der Waals surface area contributed by atoms with Gasteiger partial charge in [0.2, 0.25) is 5.95 Å². The number of aryl methyl sites for hydroxylation is 1. The summed E-state index contributed by atoms with van der Waals surface area (Å²) >= 11 is 0. The van der Waals surface area contributed by atoms with E-state index in [4.69, 9.17) is 11.5 Å². The van der Waals surface area contributed by atoms with Gasteiger partial charge in [-0.25, -0.2) is 4.98 Å². The molecule has 5 nitrogen and oxygen atoms in total. The smallest absolute Gasteiger partial charge is 0.255 e. The zero-order chi connectivity index (χ0) is 11.3. The van der Waals surface area contributed by atoms with Gasteiger partial charge in [-0.05, 0) is 32.7 Å². The van der Waals surface area contributed by atoms with E-state index < -0.39 is 0 Å². The monoisotopic (exact) mass is 246 g/mol. The fourth-order valence-electron chi connectivity index (χ4n) is 1.55. The molecule has 0 saturated heterocycles. The van der Waals surface area contributed by atoms with Crippen LogP contribution < -0.4 is 17.0 Å². The third-order valence-corrected chi connectivity index (χ3v) is 2.37. The number of H-pyrrole nitrogens is 1. The normalized spacial score (nSPS) is 9.88. The van der Waals surface area contributed by atoms with Crippen molar-refractivity contribution in [1.82, 2.24) is 9.97 Å². The van der Waals surface area contributed by atoms with E-state index in [1.54, 1.807) is 0 Å². The summed E-state index contributed by atoms with van der Waals surface area (Å²) in [6.07, 6.45) is 3.75. The summed E-state index contributed by atoms with van der Waals surface area (Å²) in [7, 11) is 0. The van der Waals surface area contributed by atoms with E-state index >= 15 is 0 Å². The van der Waals surface area contributed by atoms with Gasteiger partial charge in [0.15, 0.2) is 0 Å². The molecule has 0 radical (unpaired) electrons. The standard InChI is InChI=1S/C10H18N4O.ClH/c1-7-8(5-3-2-4-6-11)9(15)14-10(12)13-7;/h2-6,11H2,1H3,(H3,12,13,14,15);1H. The van der Waals surface area contributed by atoms with Gasteiger partial charge in [-0.3, -0.25) is 9.78 Å². The van der Waals surface area contributed by atoms with Crippen LogP contribution in [-0.2, 0) is 6.42 Å². The van der Waals surface area contributed by atoms with Crippen molar-refractivity contribution in [1.29, 1.82) is 0 Å². The zero-order valence-electron chi connectivity index (χ0n) is 9.45. The lowest BCUT2D eigenvalue weighted by molar-refractivity contribution is 0.679. The highest BCUT2D eigenvalue weighted by molar-refractivity contribution is 5.85. The number of unbranched alkanes of at least 4 members (excludes halogenated alkanes) is 2. The van der Waals surface area contributed by atoms with Crippen molar-refractivity contribution in [2.75, 3.05) is 12.3 Å². The molecular formula is C10H19ClN4O. The Balaban J connectivity index is 0.00000225. The molecule has 0 amide bonds. The molecule has 0 bridgehead atoms. The third kappa shape index (κ3) is 4.20. The largest absolute Gasteiger partial charge is 0.369 e. The molecule has 16 heavy (non-hydrogen) atoms. The summed E-state index contributed by atoms with van der Waals surface area (Å²) in [5, 5.41) is 0. The molecule has 0 fully saturated rings. The Morgan fingerprint density at radius 1 is 1.31 bits per heavy atom. The average molecular weight is 247 g/mol. The number of nitrogens with zero attached hydrogens (tertiary/aromatic N) is 1. The minimum absolute atomic E-state index is 0. The number of halogens is 1. The lowest BCUT2D eigenvalue weighted by Crippen LogP contribution is -2.18. The average Bonchev–Trinajstić information content (AvgIpc) is 2.15. The highest BCUT2D eigenvalue weighted by Crippen LogP contribution is 2.05. The van der Waals surface area contributed by atoms with Crippen LogP contribution in [0.2, 0.25) is 0 Å². The number of hydrogen-bond acceptors (Lipinski definition) is 4. The lowest BCUT2D eigenvalue weighted by Gasteiger charge is -2.04. The fourth-order valence-corrected chi connectivity index (χ4v) is 1.55. The van der Waals surface area contributed by atoms with Crippen LogP contribution in [0.5, 0.6) is 0 Å². The summed E-state index contributed by atoms with van der Waals surface area (Å²) in [5.74, 6) is 0.184. The number of anilines is 1. The molecule has 5 N–H and O–H groups in total. The molecular weight excluding hydrogens is 228 g/mol. The second-order valence-electron chi connectivity index (χ2n) is 3.61. The Hall–Kier alpha value is -1.07. The van der Waals surface area contributed by atoms with Gasteiger partial charge in [0.1, 0.15) is 0 Å². The molecule has 0 saturated carbocycles. The van der Waals surface area contributed by atoms with Crippen LogP contribution in [0.3, 0.4) is 0 Å². The van der Waals surface area contributed by atoms with E-state index in [1.807, 2.05) is 6.92 Å². The molecule has 0 aliphatic heterocycles. The molecule has 92 valence electrons. The minimum atomic E-state index is -0.118. The lowest BCUT2D eigenvalue weighted by atomic mass is 10.1. The van der Waals surface area contributed by atoms with E-state index in [-0.39, 0.29) is 23.9 Å². The molecule has 0 atom stereocenters. The number of nitrogen functional groups attached to an aromatic ring is 1. The molecule has 1 aromatic heterocycles. The van der Waals surface area contributed by atoms with Crippen LogP contribution >= 0.6 is 12.4 Å². The predicted molar refractivity (Wildman–Crippen MR) is 67.9 cm³/mol. The van der Waals surface area contributed by atoms with Gasteiger partial charge < -0.3 is 11.5 Å². The van der Waals surface area contributed by atoms with Crippen molar-refractivity contribution in [3.05, 3.63) is 21.6 Å². The van der Waals surface area contributed by atoms with E-state index in [0.717, 1.165) is 36.9 Å². The molecule has 0 unspecified atom stereocenters. The summed E-state index contributed by atoms with van der Waals surface area (Å²) < 4.78 is 0. The number of aromatic amines is 1. The van der Waals surface area contributed by atoms with Gasteiger partial charge in [-0.2, -0.15) is 0 Å². The number of aromatic nitrogens is 2. The van der Waals surface area contributed by atoms with Crippen LogP contribution in [0.15, 0.2) is 4.79 Å². The van der Waals surface area contributed by atoms with Crippen molar-refractivity contribution in [2.24, 2.45) is 5.73 Å². The summed E-state index contributed by atoms with van der Waals surface area (Å²) in [4.78, 5) is 18.1. The number of nitrogens with one attached hydrogen (secondary N) is 1. The van der Waals surface area contributed by atoms with Crippen molar-refractivity contribution in [3.8, 4) is 0 Å². The molecule has 0 aromatic carbocycles. The summed E-state index contributed by atoms with van der Waals surface area (Å²) in [5.41, 5.74) is 12.2. The number of nitrogens with two attached hydrogens (primary N) is 2. The first kappa shape index (κ1) is 14.9. The second kappa shape index (κ2) is 7.24. The number of rotatable bonds is 5. The van der Waals surface area contributed by atoms with Gasteiger partial charge in [-0.15, -0.1) is 12.4 Å². The second-order valence-corrected chi connectivity index (χ2v) is 3.61. The minimum Gasteiger partial charge on any atom is -0.369 e. The Morgan fingerprint density at radius 2 is 2.00 bits per heavy atom. The molecule has 0 aliphatic carbocycles. The van der Waals surface area contributed by atoms with Crippen molar-refractivity contribution < 1.29 is 0 Å². The SMILES string of the molecule is Cc1nc(N)[nH]c(=O)c1CCCCCN.Cl. The van der Waals surface area contributed by atoms with Gasteiger partial charge in [-0.1, -0.05) is 6.42 Å². The van der Waals surface area contributed by atoms with Crippen molar-refractivity contribution in [2.45, 2.75) is 32.6 Å². The Morgan fingerprint density at radius 3 is 2.56 bits per heavy atom. The summed E-state index contributed by atoms with van der Waals surface area (Å²) in [6, 6.07) is 0. The van der Waals surface area contributed by atoms with Crippen molar-refractivity contribution in [3.63, 3.8) is 0 Å². The highest BCUT2D eigenvalue weighted by atomic mass is 35.5. The number of hydrogen-bond donors (Lipinski definition) is 3. The summed E-state index contributed by atoms with van der Waals surface area (Å²) in [6.45, 7) is 2.51. The Bertz CT molecular complexity index is 378. The van der Waals surface area contributed by atoms with Crippen LogP contribution in [0.4, 0.5) is 5.95 Å². The fraction of sp³-hybridized carbons (Fsp3) is 0.600. The van der Waals surface area contributed by atoms with E-state index in [2.05, 4.69) is 9.97 Å². The maximum absolute atomic E-state index is 11.5. The first-order valence-electron chi connectivity index (χ1n) is 5.20. The molecule has 0 spiro atoms. The van der Waals surface area contributed by atoms with Crippen LogP contribution in [0.1, 0.15) is 30.5 Å². The van der Waals surface area contributed by atoms with Gasteiger partial charge >= 0.3 is 0 Å². The highest BCUT2D eigenvalue weighted by Gasteiger charge is 2.05. The van der Waals surface area contributed by atoms with Gasteiger partial charge in [0, 0.05) is 11.3 Å². The van der Waals surface area contributed by atoms with Crippen molar-refractivity contribution >= 4 is 18.4 Å². The topological polar surface area (TPSA) is 97.8 Å². The Kier molecular flexibility index (Phi) is 6.76. The van der Waals surface area contributed by atoms with Crippen LogP contribution in [0, 0.1) is 6.92 Å².